The third kappa shape index (κ3) is 4.33. The van der Waals surface area contributed by atoms with E-state index in [1.54, 1.807) is 0 Å². The standard InChI is InChI=1S/C16H20ClN3O/c1-4-6-14-19-15(18-5-2)10-16(20-14)21-13-8-7-12(17)9-11(13)3/h7-10H,4-6H2,1-3H3,(H,18,19,20). The highest BCUT2D eigenvalue weighted by Gasteiger charge is 2.08. The van der Waals surface area contributed by atoms with Gasteiger partial charge in [0.25, 0.3) is 0 Å². The fourth-order valence-electron chi connectivity index (χ4n) is 1.97. The molecule has 0 aliphatic carbocycles. The van der Waals surface area contributed by atoms with Gasteiger partial charge >= 0.3 is 0 Å². The van der Waals surface area contributed by atoms with Crippen molar-refractivity contribution in [1.82, 2.24) is 9.97 Å². The first-order valence-electron chi connectivity index (χ1n) is 7.18. The number of aryl methyl sites for hydroxylation is 2. The normalized spacial score (nSPS) is 10.5. The van der Waals surface area contributed by atoms with Crippen LogP contribution in [0, 0.1) is 6.92 Å². The molecular weight excluding hydrogens is 286 g/mol. The minimum Gasteiger partial charge on any atom is -0.439 e. The maximum Gasteiger partial charge on any atom is 0.224 e. The topological polar surface area (TPSA) is 47.0 Å². The summed E-state index contributed by atoms with van der Waals surface area (Å²) in [5.41, 5.74) is 0.975. The molecule has 1 aromatic carbocycles. The van der Waals surface area contributed by atoms with Crippen molar-refractivity contribution in [2.45, 2.75) is 33.6 Å². The summed E-state index contributed by atoms with van der Waals surface area (Å²) in [6.45, 7) is 6.90. The summed E-state index contributed by atoms with van der Waals surface area (Å²) < 4.78 is 5.89. The van der Waals surface area contributed by atoms with Crippen LogP contribution < -0.4 is 10.1 Å². The molecule has 0 bridgehead atoms. The Morgan fingerprint density at radius 2 is 2.00 bits per heavy atom. The fourth-order valence-corrected chi connectivity index (χ4v) is 2.20. The SMILES string of the molecule is CCCc1nc(NCC)cc(Oc2ccc(Cl)cc2C)n1. The number of rotatable bonds is 6. The second-order valence-electron chi connectivity index (χ2n) is 4.80. The molecule has 1 N–H and O–H groups in total. The van der Waals surface area contributed by atoms with Gasteiger partial charge in [-0.1, -0.05) is 18.5 Å². The summed E-state index contributed by atoms with van der Waals surface area (Å²) in [5, 5.41) is 3.90. The summed E-state index contributed by atoms with van der Waals surface area (Å²) in [4.78, 5) is 8.93. The fraction of sp³-hybridized carbons (Fsp3) is 0.375. The molecule has 2 aromatic rings. The van der Waals surface area contributed by atoms with Gasteiger partial charge in [0, 0.05) is 24.1 Å². The molecule has 0 saturated carbocycles. The number of ether oxygens (including phenoxy) is 1. The number of halogens is 1. The number of nitrogens with zero attached hydrogens (tertiary/aromatic N) is 2. The van der Waals surface area contributed by atoms with E-state index in [1.807, 2.05) is 38.1 Å². The number of aromatic nitrogens is 2. The second kappa shape index (κ2) is 7.27. The number of nitrogens with one attached hydrogen (secondary N) is 1. The predicted molar refractivity (Wildman–Crippen MR) is 86.5 cm³/mol. The molecule has 4 nitrogen and oxygen atoms in total. The second-order valence-corrected chi connectivity index (χ2v) is 5.24. The van der Waals surface area contributed by atoms with Crippen LogP contribution in [0.4, 0.5) is 5.82 Å². The van der Waals surface area contributed by atoms with Gasteiger partial charge in [0.1, 0.15) is 17.4 Å². The van der Waals surface area contributed by atoms with E-state index in [9.17, 15) is 0 Å². The molecule has 21 heavy (non-hydrogen) atoms. The smallest absolute Gasteiger partial charge is 0.224 e. The van der Waals surface area contributed by atoms with E-state index in [0.29, 0.717) is 10.9 Å². The van der Waals surface area contributed by atoms with E-state index in [1.165, 1.54) is 0 Å². The van der Waals surface area contributed by atoms with Gasteiger partial charge in [-0.25, -0.2) is 4.98 Å². The van der Waals surface area contributed by atoms with Crippen LogP contribution in [0.3, 0.4) is 0 Å². The van der Waals surface area contributed by atoms with Crippen LogP contribution in [0.2, 0.25) is 5.02 Å². The molecule has 1 aromatic heterocycles. The molecule has 112 valence electrons. The van der Waals surface area contributed by atoms with Gasteiger partial charge < -0.3 is 10.1 Å². The van der Waals surface area contributed by atoms with E-state index in [4.69, 9.17) is 16.3 Å². The van der Waals surface area contributed by atoms with Gasteiger partial charge in [0.15, 0.2) is 0 Å². The Balaban J connectivity index is 2.29. The molecule has 1 heterocycles. The zero-order valence-corrected chi connectivity index (χ0v) is 13.4. The molecule has 0 unspecified atom stereocenters. The van der Waals surface area contributed by atoms with E-state index in [0.717, 1.165) is 42.3 Å². The van der Waals surface area contributed by atoms with Crippen molar-refractivity contribution in [3.63, 3.8) is 0 Å². The first-order chi connectivity index (χ1) is 10.1. The Labute approximate surface area is 130 Å². The molecule has 0 aliphatic heterocycles. The van der Waals surface area contributed by atoms with Crippen LogP contribution in [-0.2, 0) is 6.42 Å². The lowest BCUT2D eigenvalue weighted by Crippen LogP contribution is -2.05. The van der Waals surface area contributed by atoms with Gasteiger partial charge in [-0.3, -0.25) is 0 Å². The molecule has 5 heteroatoms. The van der Waals surface area contributed by atoms with Crippen LogP contribution in [0.15, 0.2) is 24.3 Å². The van der Waals surface area contributed by atoms with Crippen molar-refractivity contribution in [3.8, 4) is 11.6 Å². The number of hydrogen-bond acceptors (Lipinski definition) is 4. The van der Waals surface area contributed by atoms with E-state index in [2.05, 4.69) is 22.2 Å². The van der Waals surface area contributed by atoms with Crippen LogP contribution in [0.5, 0.6) is 11.6 Å². The van der Waals surface area contributed by atoms with Crippen molar-refractivity contribution in [1.29, 1.82) is 0 Å². The Hall–Kier alpha value is -1.81. The molecule has 0 aliphatic rings. The van der Waals surface area contributed by atoms with Crippen molar-refractivity contribution >= 4 is 17.4 Å². The molecule has 0 saturated heterocycles. The van der Waals surface area contributed by atoms with Gasteiger partial charge in [-0.2, -0.15) is 4.98 Å². The third-order valence-electron chi connectivity index (χ3n) is 2.93. The van der Waals surface area contributed by atoms with Crippen LogP contribution >= 0.6 is 11.6 Å². The Morgan fingerprint density at radius 1 is 1.19 bits per heavy atom. The Kier molecular flexibility index (Phi) is 5.39. The third-order valence-corrected chi connectivity index (χ3v) is 3.17. The molecule has 0 spiro atoms. The minimum absolute atomic E-state index is 0.551. The minimum atomic E-state index is 0.551. The maximum absolute atomic E-state index is 5.96. The summed E-state index contributed by atoms with van der Waals surface area (Å²) in [6, 6.07) is 7.35. The van der Waals surface area contributed by atoms with Crippen LogP contribution in [-0.4, -0.2) is 16.5 Å². The summed E-state index contributed by atoms with van der Waals surface area (Å²) in [7, 11) is 0. The van der Waals surface area contributed by atoms with Gasteiger partial charge in [-0.15, -0.1) is 0 Å². The average Bonchev–Trinajstić information content (AvgIpc) is 2.42. The van der Waals surface area contributed by atoms with Gasteiger partial charge in [-0.05, 0) is 44.0 Å². The highest BCUT2D eigenvalue weighted by Crippen LogP contribution is 2.27. The van der Waals surface area contributed by atoms with Gasteiger partial charge in [0.2, 0.25) is 5.88 Å². The molecule has 2 rings (SSSR count). The lowest BCUT2D eigenvalue weighted by Gasteiger charge is -2.11. The van der Waals surface area contributed by atoms with Crippen molar-refractivity contribution < 1.29 is 4.74 Å². The van der Waals surface area contributed by atoms with Crippen molar-refractivity contribution in [2.75, 3.05) is 11.9 Å². The summed E-state index contributed by atoms with van der Waals surface area (Å²) in [6.07, 6.45) is 1.82. The first-order valence-corrected chi connectivity index (χ1v) is 7.56. The lowest BCUT2D eigenvalue weighted by molar-refractivity contribution is 0.455. The summed E-state index contributed by atoms with van der Waals surface area (Å²) >= 11 is 5.96. The number of hydrogen-bond donors (Lipinski definition) is 1. The highest BCUT2D eigenvalue weighted by molar-refractivity contribution is 6.30. The number of benzene rings is 1. The summed E-state index contributed by atoms with van der Waals surface area (Å²) in [5.74, 6) is 2.88. The Morgan fingerprint density at radius 3 is 2.67 bits per heavy atom. The van der Waals surface area contributed by atoms with E-state index >= 15 is 0 Å². The largest absolute Gasteiger partial charge is 0.439 e. The zero-order valence-electron chi connectivity index (χ0n) is 12.6. The van der Waals surface area contributed by atoms with Crippen LogP contribution in [0.25, 0.3) is 0 Å². The molecule has 0 atom stereocenters. The monoisotopic (exact) mass is 305 g/mol. The number of anilines is 1. The zero-order chi connectivity index (χ0) is 15.2. The van der Waals surface area contributed by atoms with E-state index in [-0.39, 0.29) is 0 Å². The maximum atomic E-state index is 5.96. The molecule has 0 fully saturated rings. The molecule has 0 amide bonds. The Bertz CT molecular complexity index is 592. The quantitative estimate of drug-likeness (QED) is 0.846. The molecular formula is C16H20ClN3O. The van der Waals surface area contributed by atoms with Crippen LogP contribution in [0.1, 0.15) is 31.7 Å². The van der Waals surface area contributed by atoms with E-state index < -0.39 is 0 Å². The first kappa shape index (κ1) is 15.6. The van der Waals surface area contributed by atoms with Crippen molar-refractivity contribution in [2.24, 2.45) is 0 Å². The highest BCUT2D eigenvalue weighted by atomic mass is 35.5. The molecule has 0 radical (unpaired) electrons. The average molecular weight is 306 g/mol. The predicted octanol–water partition coefficient (Wildman–Crippen LogP) is 4.62. The lowest BCUT2D eigenvalue weighted by atomic mass is 10.2. The van der Waals surface area contributed by atoms with Gasteiger partial charge in [0.05, 0.1) is 0 Å². The van der Waals surface area contributed by atoms with Crippen molar-refractivity contribution in [3.05, 3.63) is 40.7 Å².